The van der Waals surface area contributed by atoms with Gasteiger partial charge in [0, 0.05) is 18.4 Å². The van der Waals surface area contributed by atoms with Gasteiger partial charge in [0.25, 0.3) is 0 Å². The molecule has 7 heteroatoms. The van der Waals surface area contributed by atoms with E-state index in [2.05, 4.69) is 40.0 Å². The molecule has 0 spiro atoms. The van der Waals surface area contributed by atoms with Crippen molar-refractivity contribution in [3.63, 3.8) is 0 Å². The summed E-state index contributed by atoms with van der Waals surface area (Å²) in [4.78, 5) is 0.291. The highest BCUT2D eigenvalue weighted by atomic mass is 79.9. The van der Waals surface area contributed by atoms with Crippen molar-refractivity contribution in [1.29, 1.82) is 0 Å². The standard InChI is InChI=1S/C14H18BrN3O2S/c1-10(2)9-18-13(8-15)16-17-14(18)11-5-4-6-12(7-11)21(3,19)20/h4-7,10H,8-9H2,1-3H3. The van der Waals surface area contributed by atoms with Crippen molar-refractivity contribution in [3.05, 3.63) is 30.1 Å². The number of benzene rings is 1. The first-order valence-corrected chi connectivity index (χ1v) is 9.62. The predicted molar refractivity (Wildman–Crippen MR) is 86.0 cm³/mol. The number of halogens is 1. The zero-order valence-corrected chi connectivity index (χ0v) is 14.6. The fraction of sp³-hybridized carbons (Fsp3) is 0.429. The number of rotatable bonds is 5. The van der Waals surface area contributed by atoms with E-state index in [4.69, 9.17) is 0 Å². The minimum Gasteiger partial charge on any atom is -0.310 e. The van der Waals surface area contributed by atoms with Gasteiger partial charge in [-0.1, -0.05) is 41.9 Å². The Morgan fingerprint density at radius 2 is 2.00 bits per heavy atom. The van der Waals surface area contributed by atoms with Crippen molar-refractivity contribution in [2.24, 2.45) is 5.92 Å². The molecule has 0 atom stereocenters. The van der Waals surface area contributed by atoms with Gasteiger partial charge in [-0.05, 0) is 18.1 Å². The zero-order chi connectivity index (χ0) is 15.6. The van der Waals surface area contributed by atoms with Crippen LogP contribution in [0.25, 0.3) is 11.4 Å². The highest BCUT2D eigenvalue weighted by molar-refractivity contribution is 9.08. The van der Waals surface area contributed by atoms with Crippen molar-refractivity contribution >= 4 is 25.8 Å². The maximum Gasteiger partial charge on any atom is 0.175 e. The Hall–Kier alpha value is -1.21. The Labute approximate surface area is 133 Å². The maximum absolute atomic E-state index is 11.7. The lowest BCUT2D eigenvalue weighted by Gasteiger charge is -2.12. The smallest absolute Gasteiger partial charge is 0.175 e. The summed E-state index contributed by atoms with van der Waals surface area (Å²) in [6.07, 6.45) is 1.20. The third kappa shape index (κ3) is 3.71. The second kappa shape index (κ2) is 6.27. The lowest BCUT2D eigenvalue weighted by Crippen LogP contribution is -2.09. The Morgan fingerprint density at radius 1 is 1.29 bits per heavy atom. The van der Waals surface area contributed by atoms with Crippen molar-refractivity contribution < 1.29 is 8.42 Å². The summed E-state index contributed by atoms with van der Waals surface area (Å²) in [5.41, 5.74) is 0.762. The number of hydrogen-bond acceptors (Lipinski definition) is 4. The number of nitrogens with zero attached hydrogens (tertiary/aromatic N) is 3. The first kappa shape index (κ1) is 16.2. The summed E-state index contributed by atoms with van der Waals surface area (Å²) in [6, 6.07) is 6.82. The molecule has 1 aromatic carbocycles. The van der Waals surface area contributed by atoms with Crippen molar-refractivity contribution in [2.75, 3.05) is 6.26 Å². The molecule has 0 bridgehead atoms. The van der Waals surface area contributed by atoms with Crippen molar-refractivity contribution in [2.45, 2.75) is 30.6 Å². The molecule has 5 nitrogen and oxygen atoms in total. The molecular weight excluding hydrogens is 354 g/mol. The predicted octanol–water partition coefficient (Wildman–Crippen LogP) is 2.90. The number of sulfone groups is 1. The monoisotopic (exact) mass is 371 g/mol. The van der Waals surface area contributed by atoms with E-state index in [1.807, 2.05) is 10.6 Å². The highest BCUT2D eigenvalue weighted by Gasteiger charge is 2.16. The van der Waals surface area contributed by atoms with E-state index in [0.29, 0.717) is 22.0 Å². The molecule has 1 aromatic heterocycles. The maximum atomic E-state index is 11.7. The summed E-state index contributed by atoms with van der Waals surface area (Å²) in [5, 5.41) is 9.00. The molecule has 1 heterocycles. The Balaban J connectivity index is 2.54. The van der Waals surface area contributed by atoms with E-state index >= 15 is 0 Å². The average molecular weight is 372 g/mol. The summed E-state index contributed by atoms with van der Waals surface area (Å²) in [5.74, 6) is 1.97. The fourth-order valence-corrected chi connectivity index (χ4v) is 3.15. The van der Waals surface area contributed by atoms with Crippen molar-refractivity contribution in [3.8, 4) is 11.4 Å². The second-order valence-corrected chi connectivity index (χ2v) is 7.95. The Bertz CT molecular complexity index is 738. The average Bonchev–Trinajstić information content (AvgIpc) is 2.80. The van der Waals surface area contributed by atoms with Gasteiger partial charge in [0.1, 0.15) is 5.82 Å². The van der Waals surface area contributed by atoms with Crippen LogP contribution in [0.4, 0.5) is 0 Å². The van der Waals surface area contributed by atoms with Gasteiger partial charge in [-0.2, -0.15) is 0 Å². The molecular formula is C14H18BrN3O2S. The lowest BCUT2D eigenvalue weighted by molar-refractivity contribution is 0.516. The van der Waals surface area contributed by atoms with Crippen LogP contribution in [-0.4, -0.2) is 29.4 Å². The van der Waals surface area contributed by atoms with Crippen LogP contribution in [0.15, 0.2) is 29.2 Å². The minimum atomic E-state index is -3.23. The summed E-state index contributed by atoms with van der Waals surface area (Å²) in [6.45, 7) is 5.02. The fourth-order valence-electron chi connectivity index (χ4n) is 2.07. The molecule has 0 saturated carbocycles. The number of alkyl halides is 1. The molecule has 0 aliphatic rings. The van der Waals surface area contributed by atoms with Gasteiger partial charge in [0.15, 0.2) is 15.7 Å². The molecule has 0 radical (unpaired) electrons. The number of hydrogen-bond donors (Lipinski definition) is 0. The summed E-state index contributed by atoms with van der Waals surface area (Å²) in [7, 11) is -3.23. The van der Waals surface area contributed by atoms with E-state index in [9.17, 15) is 8.42 Å². The second-order valence-electron chi connectivity index (χ2n) is 5.38. The Kier molecular flexibility index (Phi) is 4.83. The normalized spacial score (nSPS) is 12.0. The third-order valence-electron chi connectivity index (χ3n) is 3.02. The largest absolute Gasteiger partial charge is 0.310 e. The zero-order valence-electron chi connectivity index (χ0n) is 12.2. The molecule has 0 saturated heterocycles. The minimum absolute atomic E-state index is 0.291. The summed E-state index contributed by atoms with van der Waals surface area (Å²) >= 11 is 3.41. The van der Waals surface area contributed by atoms with Crippen LogP contribution in [0.5, 0.6) is 0 Å². The van der Waals surface area contributed by atoms with Gasteiger partial charge in [0.05, 0.1) is 10.2 Å². The molecule has 114 valence electrons. The van der Waals surface area contributed by atoms with Gasteiger partial charge in [-0.15, -0.1) is 10.2 Å². The van der Waals surface area contributed by atoms with Crippen LogP contribution in [0.1, 0.15) is 19.7 Å². The van der Waals surface area contributed by atoms with Gasteiger partial charge in [-0.3, -0.25) is 0 Å². The van der Waals surface area contributed by atoms with Crippen LogP contribution in [0.2, 0.25) is 0 Å². The lowest BCUT2D eigenvalue weighted by atomic mass is 10.2. The quantitative estimate of drug-likeness (QED) is 0.757. The Morgan fingerprint density at radius 3 is 2.57 bits per heavy atom. The first-order valence-electron chi connectivity index (χ1n) is 6.61. The molecule has 0 fully saturated rings. The van der Waals surface area contributed by atoms with Crippen LogP contribution < -0.4 is 0 Å². The first-order chi connectivity index (χ1) is 9.82. The number of aromatic nitrogens is 3. The third-order valence-corrected chi connectivity index (χ3v) is 4.63. The molecule has 0 aliphatic heterocycles. The summed E-state index contributed by atoms with van der Waals surface area (Å²) < 4.78 is 25.4. The van der Waals surface area contributed by atoms with Crippen LogP contribution in [0, 0.1) is 5.92 Å². The van der Waals surface area contributed by atoms with Crippen LogP contribution >= 0.6 is 15.9 Å². The molecule has 0 aliphatic carbocycles. The van der Waals surface area contributed by atoms with Gasteiger partial charge >= 0.3 is 0 Å². The SMILES string of the molecule is CC(C)Cn1c(CBr)nnc1-c1cccc(S(C)(=O)=O)c1. The van der Waals surface area contributed by atoms with E-state index in [0.717, 1.165) is 17.9 Å². The van der Waals surface area contributed by atoms with Crippen molar-refractivity contribution in [1.82, 2.24) is 14.8 Å². The van der Waals surface area contributed by atoms with Crippen LogP contribution in [0.3, 0.4) is 0 Å². The molecule has 0 amide bonds. The molecule has 2 aromatic rings. The molecule has 2 rings (SSSR count). The highest BCUT2D eigenvalue weighted by Crippen LogP contribution is 2.23. The van der Waals surface area contributed by atoms with Gasteiger partial charge in [0.2, 0.25) is 0 Å². The topological polar surface area (TPSA) is 64.8 Å². The van der Waals surface area contributed by atoms with Gasteiger partial charge < -0.3 is 4.57 Å². The molecule has 21 heavy (non-hydrogen) atoms. The van der Waals surface area contributed by atoms with E-state index in [1.54, 1.807) is 18.2 Å². The van der Waals surface area contributed by atoms with E-state index < -0.39 is 9.84 Å². The van der Waals surface area contributed by atoms with Gasteiger partial charge in [-0.25, -0.2) is 8.42 Å². The van der Waals surface area contributed by atoms with Crippen LogP contribution in [-0.2, 0) is 21.7 Å². The molecule has 0 unspecified atom stereocenters. The molecule has 0 N–H and O–H groups in total. The van der Waals surface area contributed by atoms with E-state index in [-0.39, 0.29) is 0 Å². The van der Waals surface area contributed by atoms with E-state index in [1.165, 1.54) is 6.26 Å².